The van der Waals surface area contributed by atoms with Crippen molar-refractivity contribution >= 4 is 44.9 Å². The Bertz CT molecular complexity index is 1030. The van der Waals surface area contributed by atoms with E-state index in [1.807, 2.05) is 0 Å². The van der Waals surface area contributed by atoms with Crippen molar-refractivity contribution in [2.24, 2.45) is 0 Å². The first kappa shape index (κ1) is 20.1. The Labute approximate surface area is 166 Å². The molecule has 2 aromatic rings. The van der Waals surface area contributed by atoms with E-state index >= 15 is 0 Å². The van der Waals surface area contributed by atoms with E-state index in [2.05, 4.69) is 5.32 Å². The molecule has 0 atom stereocenters. The van der Waals surface area contributed by atoms with Gasteiger partial charge in [0.25, 0.3) is 5.91 Å². The van der Waals surface area contributed by atoms with Crippen LogP contribution < -0.4 is 9.62 Å². The summed E-state index contributed by atoms with van der Waals surface area (Å²) < 4.78 is 43.3. The number of halogens is 2. The predicted octanol–water partition coefficient (Wildman–Crippen LogP) is 2.81. The highest BCUT2D eigenvalue weighted by Gasteiger charge is 2.28. The Kier molecular flexibility index (Phi) is 5.85. The van der Waals surface area contributed by atoms with E-state index in [4.69, 9.17) is 16.3 Å². The van der Waals surface area contributed by atoms with E-state index in [1.54, 1.807) is 12.1 Å². The molecule has 0 saturated carbocycles. The minimum Gasteiger partial charge on any atom is -0.452 e. The van der Waals surface area contributed by atoms with Gasteiger partial charge in [0.15, 0.2) is 6.61 Å². The molecule has 0 radical (unpaired) electrons. The molecular weight excluding hydrogens is 411 g/mol. The number of hydrogen-bond acceptors (Lipinski definition) is 5. The fourth-order valence-electron chi connectivity index (χ4n) is 2.70. The minimum atomic E-state index is -3.37. The number of benzene rings is 2. The average molecular weight is 427 g/mol. The maximum atomic E-state index is 13.1. The van der Waals surface area contributed by atoms with Gasteiger partial charge in [-0.25, -0.2) is 17.6 Å². The lowest BCUT2D eigenvalue weighted by atomic mass is 10.2. The molecular formula is C18H16ClFN2O5S. The zero-order chi connectivity index (χ0) is 20.3. The summed E-state index contributed by atoms with van der Waals surface area (Å²) in [6.45, 7) is -0.219. The van der Waals surface area contributed by atoms with Crippen LogP contribution in [0.5, 0.6) is 0 Å². The van der Waals surface area contributed by atoms with Crippen molar-refractivity contribution in [1.29, 1.82) is 0 Å². The highest BCUT2D eigenvalue weighted by Crippen LogP contribution is 2.25. The van der Waals surface area contributed by atoms with Crippen LogP contribution in [0.3, 0.4) is 0 Å². The number of hydrogen-bond donors (Lipinski definition) is 1. The quantitative estimate of drug-likeness (QED) is 0.742. The van der Waals surface area contributed by atoms with Crippen LogP contribution >= 0.6 is 11.6 Å². The molecule has 1 aliphatic rings. The highest BCUT2D eigenvalue weighted by molar-refractivity contribution is 7.93. The molecule has 0 bridgehead atoms. The van der Waals surface area contributed by atoms with Gasteiger partial charge < -0.3 is 10.1 Å². The van der Waals surface area contributed by atoms with Gasteiger partial charge in [0.2, 0.25) is 10.0 Å². The summed E-state index contributed by atoms with van der Waals surface area (Å²) in [6.07, 6.45) is 0.518. The molecule has 0 aliphatic carbocycles. The van der Waals surface area contributed by atoms with Crippen LogP contribution in [0.15, 0.2) is 42.5 Å². The number of carbonyl (C=O) groups excluding carboxylic acids is 2. The third-order valence-corrected chi connectivity index (χ3v) is 6.17. The second-order valence-electron chi connectivity index (χ2n) is 6.05. The van der Waals surface area contributed by atoms with E-state index in [1.165, 1.54) is 28.6 Å². The van der Waals surface area contributed by atoms with Crippen molar-refractivity contribution in [2.45, 2.75) is 6.42 Å². The van der Waals surface area contributed by atoms with Crippen molar-refractivity contribution < 1.29 is 27.1 Å². The third kappa shape index (κ3) is 4.60. The molecule has 7 nitrogen and oxygen atoms in total. The van der Waals surface area contributed by atoms with Crippen molar-refractivity contribution in [3.8, 4) is 0 Å². The van der Waals surface area contributed by atoms with Crippen LogP contribution in [0.1, 0.15) is 16.8 Å². The Morgan fingerprint density at radius 2 is 2.00 bits per heavy atom. The lowest BCUT2D eigenvalue weighted by molar-refractivity contribution is -0.119. The molecule has 1 saturated heterocycles. The van der Waals surface area contributed by atoms with Crippen LogP contribution in [0.25, 0.3) is 0 Å². The Morgan fingerprint density at radius 1 is 1.21 bits per heavy atom. The first-order valence-electron chi connectivity index (χ1n) is 8.29. The molecule has 2 aromatic carbocycles. The molecule has 1 N–H and O–H groups in total. The fourth-order valence-corrected chi connectivity index (χ4v) is 4.44. The van der Waals surface area contributed by atoms with Crippen molar-refractivity contribution in [1.82, 2.24) is 0 Å². The normalized spacial score (nSPS) is 15.3. The van der Waals surface area contributed by atoms with Gasteiger partial charge in [-0.15, -0.1) is 0 Å². The topological polar surface area (TPSA) is 92.8 Å². The number of nitrogens with zero attached hydrogens (tertiary/aromatic N) is 1. The summed E-state index contributed by atoms with van der Waals surface area (Å²) in [5.41, 5.74) is 0.753. The third-order valence-electron chi connectivity index (χ3n) is 4.01. The van der Waals surface area contributed by atoms with Crippen LogP contribution in [0.2, 0.25) is 5.02 Å². The van der Waals surface area contributed by atoms with Crippen LogP contribution in [-0.4, -0.2) is 39.2 Å². The number of rotatable bonds is 5. The SMILES string of the molecule is O=C(COC(=O)c1cccc(N2CCCS2(=O)=O)c1)Nc1ccc(F)c(Cl)c1. The highest BCUT2D eigenvalue weighted by atomic mass is 35.5. The van der Waals surface area contributed by atoms with Crippen LogP contribution in [0.4, 0.5) is 15.8 Å². The standard InChI is InChI=1S/C18H16ClFN2O5S/c19-15-10-13(5-6-16(15)20)21-17(23)11-27-18(24)12-3-1-4-14(9-12)22-7-2-8-28(22,25)26/h1,3-6,9-10H,2,7-8,11H2,(H,21,23). The maximum absolute atomic E-state index is 13.1. The second-order valence-corrected chi connectivity index (χ2v) is 8.47. The van der Waals surface area contributed by atoms with E-state index in [9.17, 15) is 22.4 Å². The number of ether oxygens (including phenoxy) is 1. The largest absolute Gasteiger partial charge is 0.452 e. The van der Waals surface area contributed by atoms with Gasteiger partial charge in [0.1, 0.15) is 5.82 Å². The lowest BCUT2D eigenvalue weighted by Gasteiger charge is -2.17. The second kappa shape index (κ2) is 8.15. The van der Waals surface area contributed by atoms with Gasteiger partial charge in [-0.3, -0.25) is 9.10 Å². The minimum absolute atomic E-state index is 0.0647. The number of esters is 1. The molecule has 1 heterocycles. The zero-order valence-corrected chi connectivity index (χ0v) is 16.1. The van der Waals surface area contributed by atoms with Crippen LogP contribution in [0, 0.1) is 5.82 Å². The molecule has 0 unspecified atom stereocenters. The number of anilines is 2. The smallest absolute Gasteiger partial charge is 0.338 e. The summed E-state index contributed by atoms with van der Waals surface area (Å²) in [7, 11) is -3.37. The van der Waals surface area contributed by atoms with Gasteiger partial charge >= 0.3 is 5.97 Å². The first-order chi connectivity index (χ1) is 13.3. The van der Waals surface area contributed by atoms with E-state index in [0.29, 0.717) is 18.7 Å². The van der Waals surface area contributed by atoms with Gasteiger partial charge in [-0.05, 0) is 42.8 Å². The van der Waals surface area contributed by atoms with Crippen molar-refractivity contribution in [2.75, 3.05) is 28.5 Å². The molecule has 148 valence electrons. The predicted molar refractivity (Wildman–Crippen MR) is 103 cm³/mol. The molecule has 3 rings (SSSR count). The first-order valence-corrected chi connectivity index (χ1v) is 10.3. The number of nitrogens with one attached hydrogen (secondary N) is 1. The number of amides is 1. The Morgan fingerprint density at radius 3 is 2.68 bits per heavy atom. The van der Waals surface area contributed by atoms with E-state index < -0.39 is 34.3 Å². The molecule has 28 heavy (non-hydrogen) atoms. The molecule has 1 amide bonds. The molecule has 1 fully saturated rings. The summed E-state index contributed by atoms with van der Waals surface area (Å²) in [6, 6.07) is 9.65. The summed E-state index contributed by atoms with van der Waals surface area (Å²) >= 11 is 5.64. The molecule has 0 aromatic heterocycles. The van der Waals surface area contributed by atoms with E-state index in [-0.39, 0.29) is 22.0 Å². The van der Waals surface area contributed by atoms with Gasteiger partial charge in [-0.1, -0.05) is 17.7 Å². The van der Waals surface area contributed by atoms with Gasteiger partial charge in [0.05, 0.1) is 22.0 Å². The van der Waals surface area contributed by atoms with E-state index in [0.717, 1.165) is 6.07 Å². The average Bonchev–Trinajstić information content (AvgIpc) is 3.02. The molecule has 10 heteroatoms. The maximum Gasteiger partial charge on any atom is 0.338 e. The lowest BCUT2D eigenvalue weighted by Crippen LogP contribution is -2.25. The van der Waals surface area contributed by atoms with Crippen LogP contribution in [-0.2, 0) is 19.6 Å². The molecule has 1 aliphatic heterocycles. The van der Waals surface area contributed by atoms with Gasteiger partial charge in [-0.2, -0.15) is 0 Å². The van der Waals surface area contributed by atoms with Gasteiger partial charge in [0, 0.05) is 12.2 Å². The fraction of sp³-hybridized carbons (Fsp3) is 0.222. The number of sulfonamides is 1. The zero-order valence-electron chi connectivity index (χ0n) is 14.5. The summed E-state index contributed by atoms with van der Waals surface area (Å²) in [5.74, 6) is -1.96. The van der Waals surface area contributed by atoms with Crippen molar-refractivity contribution in [3.05, 3.63) is 58.9 Å². The van der Waals surface area contributed by atoms with Crippen molar-refractivity contribution in [3.63, 3.8) is 0 Å². The monoisotopic (exact) mass is 426 g/mol. The Balaban J connectivity index is 1.61. The number of carbonyl (C=O) groups is 2. The summed E-state index contributed by atoms with van der Waals surface area (Å²) in [5, 5.41) is 2.28. The Hall–Kier alpha value is -2.65. The molecule has 0 spiro atoms. The summed E-state index contributed by atoms with van der Waals surface area (Å²) in [4.78, 5) is 24.1.